The van der Waals surface area contributed by atoms with Gasteiger partial charge in [0.1, 0.15) is 11.9 Å². The van der Waals surface area contributed by atoms with Crippen LogP contribution < -0.4 is 0 Å². The highest BCUT2D eigenvalue weighted by Crippen LogP contribution is 2.12. The number of likely N-dealkylation sites (tertiary alicyclic amines) is 1. The number of rotatable bonds is 4. The second kappa shape index (κ2) is 5.22. The zero-order valence-corrected chi connectivity index (χ0v) is 8.68. The molecule has 0 amide bonds. The molecule has 0 aromatic carbocycles. The molecule has 1 fully saturated rings. The Balaban J connectivity index is 2.42. The van der Waals surface area contributed by atoms with Gasteiger partial charge < -0.3 is 9.64 Å². The molecule has 1 aliphatic rings. The Morgan fingerprint density at radius 3 is 2.54 bits per heavy atom. The van der Waals surface area contributed by atoms with E-state index in [2.05, 4.69) is 11.8 Å². The van der Waals surface area contributed by atoms with Crippen LogP contribution in [0, 0.1) is 5.41 Å². The highest BCUT2D eigenvalue weighted by Gasteiger charge is 2.21. The first-order valence-electron chi connectivity index (χ1n) is 5.15. The van der Waals surface area contributed by atoms with E-state index >= 15 is 0 Å². The number of ether oxygens (including phenoxy) is 1. The average Bonchev–Trinajstić information content (AvgIpc) is 2.65. The van der Waals surface area contributed by atoms with Crippen LogP contribution in [0.2, 0.25) is 0 Å². The van der Waals surface area contributed by atoms with Gasteiger partial charge in [0.05, 0.1) is 0 Å². The van der Waals surface area contributed by atoms with Crippen molar-refractivity contribution in [2.75, 3.05) is 20.2 Å². The van der Waals surface area contributed by atoms with Crippen LogP contribution in [0.25, 0.3) is 0 Å². The molecule has 0 bridgehead atoms. The molecule has 0 spiro atoms. The summed E-state index contributed by atoms with van der Waals surface area (Å²) in [5.41, 5.74) is 0. The summed E-state index contributed by atoms with van der Waals surface area (Å²) in [6, 6.07) is 0. The Kier molecular flexibility index (Phi) is 4.22. The van der Waals surface area contributed by atoms with E-state index in [1.165, 1.54) is 12.8 Å². The predicted molar refractivity (Wildman–Crippen MR) is 54.2 cm³/mol. The summed E-state index contributed by atoms with van der Waals surface area (Å²) in [5.74, 6) is 0.682. The van der Waals surface area contributed by atoms with Gasteiger partial charge in [0.25, 0.3) is 0 Å². The van der Waals surface area contributed by atoms with E-state index in [-0.39, 0.29) is 6.10 Å². The van der Waals surface area contributed by atoms with E-state index in [0.29, 0.717) is 5.84 Å². The molecule has 1 N–H and O–H groups in total. The fourth-order valence-electron chi connectivity index (χ4n) is 1.79. The zero-order chi connectivity index (χ0) is 9.68. The standard InChI is InChI=1S/C10H20N2O/c1-3-6-9(13-2)10(11)12-7-4-5-8-12/h9,11H,3-8H2,1-2H3. The van der Waals surface area contributed by atoms with Crippen molar-refractivity contribution in [2.24, 2.45) is 0 Å². The minimum Gasteiger partial charge on any atom is -0.374 e. The molecule has 0 aromatic rings. The van der Waals surface area contributed by atoms with E-state index in [9.17, 15) is 0 Å². The lowest BCUT2D eigenvalue weighted by Crippen LogP contribution is -2.37. The third-order valence-corrected chi connectivity index (χ3v) is 2.59. The topological polar surface area (TPSA) is 36.3 Å². The van der Waals surface area contributed by atoms with Crippen LogP contribution in [0.4, 0.5) is 0 Å². The van der Waals surface area contributed by atoms with Gasteiger partial charge in [0.15, 0.2) is 0 Å². The molecule has 0 aliphatic carbocycles. The van der Waals surface area contributed by atoms with Crippen molar-refractivity contribution in [3.05, 3.63) is 0 Å². The number of hydrogen-bond donors (Lipinski definition) is 1. The van der Waals surface area contributed by atoms with E-state index in [4.69, 9.17) is 10.1 Å². The lowest BCUT2D eigenvalue weighted by molar-refractivity contribution is 0.136. The number of methoxy groups -OCH3 is 1. The Morgan fingerprint density at radius 2 is 2.08 bits per heavy atom. The molecule has 1 aliphatic heterocycles. The van der Waals surface area contributed by atoms with Crippen LogP contribution in [0.5, 0.6) is 0 Å². The summed E-state index contributed by atoms with van der Waals surface area (Å²) < 4.78 is 5.30. The first-order valence-corrected chi connectivity index (χ1v) is 5.15. The number of amidine groups is 1. The van der Waals surface area contributed by atoms with Crippen molar-refractivity contribution >= 4 is 5.84 Å². The second-order valence-electron chi connectivity index (χ2n) is 3.59. The molecule has 0 radical (unpaired) electrons. The van der Waals surface area contributed by atoms with Gasteiger partial charge in [0.2, 0.25) is 0 Å². The molecule has 3 heteroatoms. The van der Waals surface area contributed by atoms with E-state index in [1.54, 1.807) is 7.11 Å². The lowest BCUT2D eigenvalue weighted by Gasteiger charge is -2.24. The molecule has 1 heterocycles. The molecule has 13 heavy (non-hydrogen) atoms. The number of nitrogens with zero attached hydrogens (tertiary/aromatic N) is 1. The average molecular weight is 184 g/mol. The second-order valence-corrected chi connectivity index (χ2v) is 3.59. The lowest BCUT2D eigenvalue weighted by atomic mass is 10.2. The Labute approximate surface area is 80.6 Å². The molecule has 1 rings (SSSR count). The highest BCUT2D eigenvalue weighted by atomic mass is 16.5. The summed E-state index contributed by atoms with van der Waals surface area (Å²) in [5, 5.41) is 7.95. The molecular weight excluding hydrogens is 164 g/mol. The van der Waals surface area contributed by atoms with Crippen molar-refractivity contribution in [1.82, 2.24) is 4.90 Å². The molecular formula is C10H20N2O. The molecule has 1 atom stereocenters. The van der Waals surface area contributed by atoms with Gasteiger partial charge in [-0.3, -0.25) is 5.41 Å². The van der Waals surface area contributed by atoms with Gasteiger partial charge in [-0.1, -0.05) is 13.3 Å². The first kappa shape index (κ1) is 10.5. The maximum absolute atomic E-state index is 7.95. The molecule has 0 saturated carbocycles. The number of hydrogen-bond acceptors (Lipinski definition) is 2. The maximum atomic E-state index is 7.95. The van der Waals surface area contributed by atoms with E-state index in [1.807, 2.05) is 0 Å². The van der Waals surface area contributed by atoms with Gasteiger partial charge in [-0.05, 0) is 19.3 Å². The molecule has 0 aromatic heterocycles. The first-order chi connectivity index (χ1) is 6.29. The molecule has 1 saturated heterocycles. The molecule has 3 nitrogen and oxygen atoms in total. The van der Waals surface area contributed by atoms with Crippen LogP contribution in [-0.2, 0) is 4.74 Å². The maximum Gasteiger partial charge on any atom is 0.126 e. The van der Waals surface area contributed by atoms with Gasteiger partial charge in [-0.25, -0.2) is 0 Å². The zero-order valence-electron chi connectivity index (χ0n) is 8.68. The molecule has 76 valence electrons. The number of nitrogens with one attached hydrogen (secondary N) is 1. The van der Waals surface area contributed by atoms with E-state index in [0.717, 1.165) is 25.9 Å². The SMILES string of the molecule is CCCC(OC)C(=N)N1CCCC1. The monoisotopic (exact) mass is 184 g/mol. The van der Waals surface area contributed by atoms with Crippen LogP contribution in [0.3, 0.4) is 0 Å². The summed E-state index contributed by atoms with van der Waals surface area (Å²) in [6.07, 6.45) is 4.51. The van der Waals surface area contributed by atoms with Crippen LogP contribution in [0.15, 0.2) is 0 Å². The summed E-state index contributed by atoms with van der Waals surface area (Å²) in [4.78, 5) is 2.14. The fraction of sp³-hybridized carbons (Fsp3) is 0.900. The Hall–Kier alpha value is -0.570. The van der Waals surface area contributed by atoms with Gasteiger partial charge in [-0.15, -0.1) is 0 Å². The summed E-state index contributed by atoms with van der Waals surface area (Å²) in [7, 11) is 1.70. The minimum atomic E-state index is 0.0168. The van der Waals surface area contributed by atoms with Crippen molar-refractivity contribution < 1.29 is 4.74 Å². The largest absolute Gasteiger partial charge is 0.374 e. The van der Waals surface area contributed by atoms with Crippen molar-refractivity contribution in [3.8, 4) is 0 Å². The van der Waals surface area contributed by atoms with Crippen molar-refractivity contribution in [1.29, 1.82) is 5.41 Å². The predicted octanol–water partition coefficient (Wildman–Crippen LogP) is 1.87. The van der Waals surface area contributed by atoms with Crippen LogP contribution in [-0.4, -0.2) is 37.0 Å². The van der Waals surface area contributed by atoms with Crippen LogP contribution >= 0.6 is 0 Å². The summed E-state index contributed by atoms with van der Waals surface area (Å²) >= 11 is 0. The van der Waals surface area contributed by atoms with Gasteiger partial charge >= 0.3 is 0 Å². The van der Waals surface area contributed by atoms with Gasteiger partial charge in [0, 0.05) is 20.2 Å². The van der Waals surface area contributed by atoms with E-state index < -0.39 is 0 Å². The van der Waals surface area contributed by atoms with Crippen LogP contribution in [0.1, 0.15) is 32.6 Å². The summed E-state index contributed by atoms with van der Waals surface area (Å²) in [6.45, 7) is 4.22. The van der Waals surface area contributed by atoms with Gasteiger partial charge in [-0.2, -0.15) is 0 Å². The fourth-order valence-corrected chi connectivity index (χ4v) is 1.79. The van der Waals surface area contributed by atoms with Crippen molar-refractivity contribution in [3.63, 3.8) is 0 Å². The third kappa shape index (κ3) is 2.69. The Morgan fingerprint density at radius 1 is 1.46 bits per heavy atom. The Bertz CT molecular complexity index is 164. The highest BCUT2D eigenvalue weighted by molar-refractivity contribution is 5.83. The quantitative estimate of drug-likeness (QED) is 0.535. The smallest absolute Gasteiger partial charge is 0.126 e. The minimum absolute atomic E-state index is 0.0168. The third-order valence-electron chi connectivity index (χ3n) is 2.59. The normalized spacial score (nSPS) is 19.1. The van der Waals surface area contributed by atoms with Crippen molar-refractivity contribution in [2.45, 2.75) is 38.7 Å². The molecule has 1 unspecified atom stereocenters.